The molecule has 2 aliphatic rings. The van der Waals surface area contributed by atoms with E-state index >= 15 is 0 Å². The normalized spacial score (nSPS) is 22.7. The molecule has 2 saturated heterocycles. The summed E-state index contributed by atoms with van der Waals surface area (Å²) < 4.78 is 5.45. The summed E-state index contributed by atoms with van der Waals surface area (Å²) >= 11 is 6.37. The van der Waals surface area contributed by atoms with Gasteiger partial charge in [-0.15, -0.1) is 12.4 Å². The highest BCUT2D eigenvalue weighted by Crippen LogP contribution is 2.41. The van der Waals surface area contributed by atoms with Gasteiger partial charge in [-0.3, -0.25) is 9.59 Å². The molecule has 132 valence electrons. The van der Waals surface area contributed by atoms with Crippen molar-refractivity contribution in [3.05, 3.63) is 34.9 Å². The zero-order valence-electron chi connectivity index (χ0n) is 13.2. The topological polar surface area (TPSA) is 66.8 Å². The first-order valence-corrected chi connectivity index (χ1v) is 8.27. The molecule has 3 rings (SSSR count). The van der Waals surface area contributed by atoms with Gasteiger partial charge in [0.25, 0.3) is 0 Å². The Balaban J connectivity index is 0.00000208. The van der Waals surface area contributed by atoms with E-state index in [4.69, 9.17) is 21.4 Å². The number of hydrogen-bond donors (Lipinski definition) is 1. The lowest BCUT2D eigenvalue weighted by Gasteiger charge is -2.39. The minimum absolute atomic E-state index is 0. The number of nitrogens with zero attached hydrogens (tertiary/aromatic N) is 1. The molecule has 1 atom stereocenters. The third-order valence-electron chi connectivity index (χ3n) is 4.97. The highest BCUT2D eigenvalue weighted by atomic mass is 35.5. The Morgan fingerprint density at radius 2 is 1.92 bits per heavy atom. The molecule has 1 N–H and O–H groups in total. The molecular formula is C17H21Cl2NO4. The Kier molecular flexibility index (Phi) is 6.12. The first-order chi connectivity index (χ1) is 11.0. The fraction of sp³-hybridized carbons (Fsp3) is 0.529. The minimum atomic E-state index is -0.834. The Labute approximate surface area is 152 Å². The highest BCUT2D eigenvalue weighted by Gasteiger charge is 2.47. The van der Waals surface area contributed by atoms with Crippen molar-refractivity contribution in [1.82, 2.24) is 4.90 Å². The maximum Gasteiger partial charge on any atom is 0.308 e. The summed E-state index contributed by atoms with van der Waals surface area (Å²) in [6.45, 7) is 1.78. The van der Waals surface area contributed by atoms with Gasteiger partial charge in [0.05, 0.1) is 11.3 Å². The summed E-state index contributed by atoms with van der Waals surface area (Å²) in [6.07, 6.45) is 1.66. The van der Waals surface area contributed by atoms with Gasteiger partial charge in [0.15, 0.2) is 0 Å². The zero-order chi connectivity index (χ0) is 16.4. The second kappa shape index (κ2) is 7.72. The molecule has 1 aromatic rings. The molecule has 2 heterocycles. The van der Waals surface area contributed by atoms with Gasteiger partial charge in [0, 0.05) is 31.3 Å². The third-order valence-corrected chi connectivity index (χ3v) is 5.30. The van der Waals surface area contributed by atoms with E-state index in [1.165, 1.54) is 0 Å². The first-order valence-electron chi connectivity index (χ1n) is 7.89. The van der Waals surface area contributed by atoms with Crippen LogP contribution < -0.4 is 0 Å². The van der Waals surface area contributed by atoms with Crippen molar-refractivity contribution in [2.24, 2.45) is 5.92 Å². The van der Waals surface area contributed by atoms with Crippen LogP contribution in [0.15, 0.2) is 24.3 Å². The van der Waals surface area contributed by atoms with Crippen LogP contribution >= 0.6 is 24.0 Å². The van der Waals surface area contributed by atoms with Gasteiger partial charge < -0.3 is 14.7 Å². The van der Waals surface area contributed by atoms with E-state index in [1.54, 1.807) is 11.0 Å². The maximum absolute atomic E-state index is 13.3. The van der Waals surface area contributed by atoms with Crippen molar-refractivity contribution in [2.45, 2.75) is 24.7 Å². The Morgan fingerprint density at radius 3 is 2.50 bits per heavy atom. The number of likely N-dealkylation sites (tertiary alicyclic amines) is 1. The van der Waals surface area contributed by atoms with Crippen LogP contribution in [-0.2, 0) is 19.7 Å². The number of ether oxygens (including phenoxy) is 1. The second-order valence-electron chi connectivity index (χ2n) is 6.25. The van der Waals surface area contributed by atoms with Crippen LogP contribution in [0.5, 0.6) is 0 Å². The van der Waals surface area contributed by atoms with Crippen molar-refractivity contribution in [1.29, 1.82) is 0 Å². The SMILES string of the molecule is Cl.O=C(O)C1CCN(C(=O)C2(c3ccccc3Cl)CCOCC2)C1. The number of carbonyl (C=O) groups excluding carboxylic acids is 1. The van der Waals surface area contributed by atoms with E-state index in [0.29, 0.717) is 44.0 Å². The molecule has 0 saturated carbocycles. The van der Waals surface area contributed by atoms with E-state index < -0.39 is 17.3 Å². The monoisotopic (exact) mass is 373 g/mol. The molecule has 0 bridgehead atoms. The zero-order valence-corrected chi connectivity index (χ0v) is 14.8. The van der Waals surface area contributed by atoms with Crippen LogP contribution in [-0.4, -0.2) is 48.2 Å². The van der Waals surface area contributed by atoms with Crippen LogP contribution in [0, 0.1) is 5.92 Å². The summed E-state index contributed by atoms with van der Waals surface area (Å²) in [7, 11) is 0. The number of carboxylic acids is 1. The summed E-state index contributed by atoms with van der Waals surface area (Å²) in [5, 5.41) is 9.75. The second-order valence-corrected chi connectivity index (χ2v) is 6.66. The van der Waals surface area contributed by atoms with Gasteiger partial charge in [-0.25, -0.2) is 0 Å². The van der Waals surface area contributed by atoms with Crippen molar-refractivity contribution in [3.8, 4) is 0 Å². The van der Waals surface area contributed by atoms with Gasteiger partial charge in [-0.1, -0.05) is 29.8 Å². The minimum Gasteiger partial charge on any atom is -0.481 e. The van der Waals surface area contributed by atoms with E-state index in [9.17, 15) is 9.59 Å². The molecule has 1 aromatic carbocycles. The van der Waals surface area contributed by atoms with Gasteiger partial charge in [0.2, 0.25) is 5.91 Å². The van der Waals surface area contributed by atoms with E-state index in [-0.39, 0.29) is 24.9 Å². The van der Waals surface area contributed by atoms with Crippen molar-refractivity contribution < 1.29 is 19.4 Å². The number of benzene rings is 1. The van der Waals surface area contributed by atoms with E-state index in [0.717, 1.165) is 5.56 Å². The molecule has 2 aliphatic heterocycles. The Morgan fingerprint density at radius 1 is 1.25 bits per heavy atom. The number of rotatable bonds is 3. The average Bonchev–Trinajstić information content (AvgIpc) is 3.05. The lowest BCUT2D eigenvalue weighted by Crippen LogP contribution is -2.49. The van der Waals surface area contributed by atoms with Crippen LogP contribution in [0.3, 0.4) is 0 Å². The molecule has 5 nitrogen and oxygen atoms in total. The summed E-state index contributed by atoms with van der Waals surface area (Å²) in [5.41, 5.74) is 0.123. The quantitative estimate of drug-likeness (QED) is 0.884. The van der Waals surface area contributed by atoms with Crippen LogP contribution in [0.2, 0.25) is 5.02 Å². The lowest BCUT2D eigenvalue weighted by molar-refractivity contribution is -0.143. The van der Waals surface area contributed by atoms with Crippen molar-refractivity contribution >= 4 is 35.9 Å². The van der Waals surface area contributed by atoms with Gasteiger partial charge in [-0.05, 0) is 30.9 Å². The van der Waals surface area contributed by atoms with Crippen LogP contribution in [0.25, 0.3) is 0 Å². The maximum atomic E-state index is 13.3. The van der Waals surface area contributed by atoms with Gasteiger partial charge >= 0.3 is 5.97 Å². The molecule has 0 spiro atoms. The molecule has 2 fully saturated rings. The highest BCUT2D eigenvalue weighted by molar-refractivity contribution is 6.31. The molecular weight excluding hydrogens is 353 g/mol. The number of carboxylic acid groups (broad SMARTS) is 1. The standard InChI is InChI=1S/C17H20ClNO4.ClH/c18-14-4-2-1-3-13(14)17(6-9-23-10-7-17)16(22)19-8-5-12(11-19)15(20)21;/h1-4,12H,5-11H2,(H,20,21);1H. The largest absolute Gasteiger partial charge is 0.481 e. The number of carbonyl (C=O) groups is 2. The predicted molar refractivity (Wildman–Crippen MR) is 92.8 cm³/mol. The van der Waals surface area contributed by atoms with Crippen LogP contribution in [0.1, 0.15) is 24.8 Å². The fourth-order valence-electron chi connectivity index (χ4n) is 3.62. The third kappa shape index (κ3) is 3.39. The molecule has 7 heteroatoms. The number of amides is 1. The number of hydrogen-bond acceptors (Lipinski definition) is 3. The Bertz CT molecular complexity index is 616. The van der Waals surface area contributed by atoms with Gasteiger partial charge in [-0.2, -0.15) is 0 Å². The Hall–Kier alpha value is -1.30. The molecule has 0 aromatic heterocycles. The molecule has 1 amide bonds. The fourth-order valence-corrected chi connectivity index (χ4v) is 3.93. The lowest BCUT2D eigenvalue weighted by atomic mass is 9.73. The summed E-state index contributed by atoms with van der Waals surface area (Å²) in [6, 6.07) is 7.43. The van der Waals surface area contributed by atoms with E-state index in [1.807, 2.05) is 18.2 Å². The van der Waals surface area contributed by atoms with E-state index in [2.05, 4.69) is 0 Å². The predicted octanol–water partition coefficient (Wildman–Crippen LogP) is 2.74. The summed E-state index contributed by atoms with van der Waals surface area (Å²) in [5.74, 6) is -1.32. The van der Waals surface area contributed by atoms with Crippen molar-refractivity contribution in [2.75, 3.05) is 26.3 Å². The molecule has 0 radical (unpaired) electrons. The summed E-state index contributed by atoms with van der Waals surface area (Å²) in [4.78, 5) is 26.1. The van der Waals surface area contributed by atoms with Crippen molar-refractivity contribution in [3.63, 3.8) is 0 Å². The molecule has 0 aliphatic carbocycles. The first kappa shape index (κ1) is 19.0. The van der Waals surface area contributed by atoms with Gasteiger partial charge in [0.1, 0.15) is 0 Å². The smallest absolute Gasteiger partial charge is 0.308 e. The van der Waals surface area contributed by atoms with Crippen LogP contribution in [0.4, 0.5) is 0 Å². The molecule has 1 unspecified atom stereocenters. The molecule has 24 heavy (non-hydrogen) atoms. The number of halogens is 2. The average molecular weight is 374 g/mol. The number of aliphatic carboxylic acids is 1.